The van der Waals surface area contributed by atoms with E-state index in [-0.39, 0.29) is 29.2 Å². The maximum atomic E-state index is 13.2. The van der Waals surface area contributed by atoms with Gasteiger partial charge in [0.1, 0.15) is 5.75 Å². The molecule has 0 atom stereocenters. The second-order valence-electron chi connectivity index (χ2n) is 8.13. The molecule has 0 unspecified atom stereocenters. The number of benzene rings is 2. The van der Waals surface area contributed by atoms with Crippen molar-refractivity contribution in [1.82, 2.24) is 4.90 Å². The van der Waals surface area contributed by atoms with Crippen LogP contribution in [0.1, 0.15) is 24.8 Å². The van der Waals surface area contributed by atoms with Crippen LogP contribution in [0.25, 0.3) is 0 Å². The Balaban J connectivity index is 1.37. The van der Waals surface area contributed by atoms with Crippen molar-refractivity contribution in [2.24, 2.45) is 11.7 Å². The first-order chi connectivity index (χ1) is 15.4. The first-order valence-corrected chi connectivity index (χ1v) is 12.2. The molecular formula is C23H27N3O5S. The molecule has 2 aliphatic rings. The molecule has 0 aromatic heterocycles. The van der Waals surface area contributed by atoms with Crippen LogP contribution in [0, 0.1) is 5.92 Å². The van der Waals surface area contributed by atoms with Gasteiger partial charge in [0.05, 0.1) is 10.6 Å². The second kappa shape index (κ2) is 9.20. The van der Waals surface area contributed by atoms with Gasteiger partial charge >= 0.3 is 0 Å². The van der Waals surface area contributed by atoms with Crippen molar-refractivity contribution in [1.29, 1.82) is 0 Å². The third-order valence-electron chi connectivity index (χ3n) is 6.09. The Hall–Kier alpha value is -3.07. The number of anilines is 1. The number of carbonyl (C=O) groups is 2. The van der Waals surface area contributed by atoms with Crippen molar-refractivity contribution in [3.8, 4) is 5.75 Å². The molecule has 2 amide bonds. The molecule has 1 saturated heterocycles. The zero-order valence-corrected chi connectivity index (χ0v) is 18.6. The number of sulfonamides is 1. The number of ether oxygens (including phenoxy) is 1. The first kappa shape index (κ1) is 22.1. The summed E-state index contributed by atoms with van der Waals surface area (Å²) < 4.78 is 33.4. The molecule has 0 saturated carbocycles. The summed E-state index contributed by atoms with van der Waals surface area (Å²) in [5.41, 5.74) is 7.08. The van der Waals surface area contributed by atoms with Crippen LogP contribution in [0.4, 0.5) is 5.69 Å². The van der Waals surface area contributed by atoms with Crippen LogP contribution in [0.2, 0.25) is 0 Å². The predicted molar refractivity (Wildman–Crippen MR) is 120 cm³/mol. The van der Waals surface area contributed by atoms with Crippen LogP contribution in [0.15, 0.2) is 53.4 Å². The van der Waals surface area contributed by atoms with E-state index in [0.29, 0.717) is 38.2 Å². The number of likely N-dealkylation sites (tertiary alicyclic amines) is 1. The minimum atomic E-state index is -3.69. The Morgan fingerprint density at radius 2 is 1.69 bits per heavy atom. The number of rotatable bonds is 6. The number of amides is 2. The summed E-state index contributed by atoms with van der Waals surface area (Å²) in [7, 11) is -3.69. The molecule has 2 aromatic carbocycles. The fourth-order valence-corrected chi connectivity index (χ4v) is 5.77. The molecule has 170 valence electrons. The highest BCUT2D eigenvalue weighted by Crippen LogP contribution is 2.32. The van der Waals surface area contributed by atoms with Crippen LogP contribution in [-0.4, -0.2) is 51.4 Å². The standard InChI is InChI=1S/C23H27N3O5S/c24-23(28)18-11-14-25(15-12-18)22(27)16-31-19-7-9-20(10-8-19)32(29,30)26-13-3-5-17-4-1-2-6-21(17)26/h1-2,4,6-10,18H,3,5,11-16H2,(H2,24,28). The van der Waals surface area contributed by atoms with E-state index in [1.54, 1.807) is 17.0 Å². The van der Waals surface area contributed by atoms with Crippen molar-refractivity contribution in [2.75, 3.05) is 30.5 Å². The first-order valence-electron chi connectivity index (χ1n) is 10.8. The van der Waals surface area contributed by atoms with Crippen molar-refractivity contribution in [3.63, 3.8) is 0 Å². The maximum absolute atomic E-state index is 13.2. The number of hydrogen-bond donors (Lipinski definition) is 1. The van der Waals surface area contributed by atoms with Gasteiger partial charge in [0.2, 0.25) is 5.91 Å². The summed E-state index contributed by atoms with van der Waals surface area (Å²) in [4.78, 5) is 25.5. The molecule has 8 nitrogen and oxygen atoms in total. The van der Waals surface area contributed by atoms with Gasteiger partial charge in [-0.3, -0.25) is 13.9 Å². The summed E-state index contributed by atoms with van der Waals surface area (Å²) in [6.45, 7) is 1.25. The number of para-hydroxylation sites is 1. The number of fused-ring (bicyclic) bond motifs is 1. The highest BCUT2D eigenvalue weighted by Gasteiger charge is 2.29. The van der Waals surface area contributed by atoms with Crippen molar-refractivity contribution in [3.05, 3.63) is 54.1 Å². The van der Waals surface area contributed by atoms with Gasteiger partial charge in [-0.15, -0.1) is 0 Å². The van der Waals surface area contributed by atoms with E-state index < -0.39 is 10.0 Å². The molecule has 0 radical (unpaired) electrons. The molecule has 2 N–H and O–H groups in total. The monoisotopic (exact) mass is 457 g/mol. The number of primary amides is 1. The molecule has 2 aromatic rings. The molecule has 0 spiro atoms. The van der Waals surface area contributed by atoms with Gasteiger partial charge in [0.25, 0.3) is 15.9 Å². The number of nitrogens with two attached hydrogens (primary N) is 1. The highest BCUT2D eigenvalue weighted by molar-refractivity contribution is 7.92. The van der Waals surface area contributed by atoms with E-state index in [0.717, 1.165) is 24.1 Å². The molecule has 0 aliphatic carbocycles. The second-order valence-corrected chi connectivity index (χ2v) is 9.99. The van der Waals surface area contributed by atoms with Crippen molar-refractivity contribution < 1.29 is 22.7 Å². The molecule has 32 heavy (non-hydrogen) atoms. The fraction of sp³-hybridized carbons (Fsp3) is 0.391. The van der Waals surface area contributed by atoms with Gasteiger partial charge in [-0.25, -0.2) is 8.42 Å². The van der Waals surface area contributed by atoms with Crippen molar-refractivity contribution in [2.45, 2.75) is 30.6 Å². The third-order valence-corrected chi connectivity index (χ3v) is 7.92. The summed E-state index contributed by atoms with van der Waals surface area (Å²) in [5, 5.41) is 0. The summed E-state index contributed by atoms with van der Waals surface area (Å²) in [6, 6.07) is 13.7. The lowest BCUT2D eigenvalue weighted by molar-refractivity contribution is -0.136. The van der Waals surface area contributed by atoms with E-state index in [1.807, 2.05) is 24.3 Å². The van der Waals surface area contributed by atoms with E-state index in [1.165, 1.54) is 16.4 Å². The highest BCUT2D eigenvalue weighted by atomic mass is 32.2. The summed E-state index contributed by atoms with van der Waals surface area (Å²) >= 11 is 0. The zero-order valence-electron chi connectivity index (χ0n) is 17.8. The third kappa shape index (κ3) is 4.57. The SMILES string of the molecule is NC(=O)C1CCN(C(=O)COc2ccc(S(=O)(=O)N3CCCc4ccccc43)cc2)CC1. The Morgan fingerprint density at radius 3 is 2.38 bits per heavy atom. The molecule has 9 heteroatoms. The van der Waals surface area contributed by atoms with E-state index >= 15 is 0 Å². The van der Waals surface area contributed by atoms with Gasteiger partial charge in [-0.05, 0) is 61.6 Å². The lowest BCUT2D eigenvalue weighted by Gasteiger charge is -2.30. The number of hydrogen-bond acceptors (Lipinski definition) is 5. The molecule has 4 rings (SSSR count). The smallest absolute Gasteiger partial charge is 0.264 e. The van der Waals surface area contributed by atoms with Gasteiger partial charge in [-0.1, -0.05) is 18.2 Å². The average Bonchev–Trinajstić information content (AvgIpc) is 2.82. The Kier molecular flexibility index (Phi) is 6.36. The van der Waals surface area contributed by atoms with Gasteiger partial charge < -0.3 is 15.4 Å². The van der Waals surface area contributed by atoms with Gasteiger partial charge in [0, 0.05) is 25.6 Å². The topological polar surface area (TPSA) is 110 Å². The van der Waals surface area contributed by atoms with E-state index in [9.17, 15) is 18.0 Å². The fourth-order valence-electron chi connectivity index (χ4n) is 4.23. The van der Waals surface area contributed by atoms with Crippen molar-refractivity contribution >= 4 is 27.5 Å². The lowest BCUT2D eigenvalue weighted by atomic mass is 9.96. The van der Waals surface area contributed by atoms with E-state index in [2.05, 4.69) is 0 Å². The molecule has 2 aliphatic heterocycles. The molecule has 0 bridgehead atoms. The van der Waals surface area contributed by atoms with Gasteiger partial charge in [-0.2, -0.15) is 0 Å². The van der Waals surface area contributed by atoms with Crippen LogP contribution in [0.3, 0.4) is 0 Å². The predicted octanol–water partition coefficient (Wildman–Crippen LogP) is 1.93. The normalized spacial score (nSPS) is 17.0. The Morgan fingerprint density at radius 1 is 1.00 bits per heavy atom. The number of nitrogens with zero attached hydrogens (tertiary/aromatic N) is 2. The quantitative estimate of drug-likeness (QED) is 0.713. The average molecular weight is 458 g/mol. The Labute approximate surface area is 188 Å². The maximum Gasteiger partial charge on any atom is 0.264 e. The molecule has 2 heterocycles. The molecular weight excluding hydrogens is 430 g/mol. The van der Waals surface area contributed by atoms with Crippen LogP contribution in [0.5, 0.6) is 5.75 Å². The van der Waals surface area contributed by atoms with Crippen LogP contribution < -0.4 is 14.8 Å². The van der Waals surface area contributed by atoms with Crippen LogP contribution in [-0.2, 0) is 26.0 Å². The largest absolute Gasteiger partial charge is 0.484 e. The minimum absolute atomic E-state index is 0.146. The number of carbonyl (C=O) groups excluding carboxylic acids is 2. The van der Waals surface area contributed by atoms with Crippen LogP contribution >= 0.6 is 0 Å². The summed E-state index contributed by atoms with van der Waals surface area (Å²) in [5.74, 6) is -0.254. The summed E-state index contributed by atoms with van der Waals surface area (Å²) in [6.07, 6.45) is 2.76. The number of piperidine rings is 1. The van der Waals surface area contributed by atoms with Gasteiger partial charge in [0.15, 0.2) is 6.61 Å². The van der Waals surface area contributed by atoms with E-state index in [4.69, 9.17) is 10.5 Å². The minimum Gasteiger partial charge on any atom is -0.484 e. The number of aryl methyl sites for hydroxylation is 1. The lowest BCUT2D eigenvalue weighted by Crippen LogP contribution is -2.43. The zero-order chi connectivity index (χ0) is 22.7. The molecule has 1 fully saturated rings. The Bertz CT molecular complexity index is 1090.